The van der Waals surface area contributed by atoms with E-state index in [0.717, 1.165) is 8.95 Å². The predicted molar refractivity (Wildman–Crippen MR) is 60.6 cm³/mol. The zero-order valence-corrected chi connectivity index (χ0v) is 10.6. The van der Waals surface area contributed by atoms with Crippen LogP contribution in [0.25, 0.3) is 0 Å². The lowest BCUT2D eigenvalue weighted by atomic mass is 10.2. The monoisotopic (exact) mass is 321 g/mol. The fourth-order valence-electron chi connectivity index (χ4n) is 1.05. The van der Waals surface area contributed by atoms with Gasteiger partial charge in [-0.3, -0.25) is 9.78 Å². The minimum atomic E-state index is -0.572. The Morgan fingerprint density at radius 2 is 2.29 bits per heavy atom. The second-order valence-corrected chi connectivity index (χ2v) is 4.41. The lowest BCUT2D eigenvalue weighted by Gasteiger charge is -2.13. The second kappa shape index (κ2) is 4.86. The van der Waals surface area contributed by atoms with Crippen LogP contribution in [0.15, 0.2) is 21.2 Å². The van der Waals surface area contributed by atoms with Gasteiger partial charge >= 0.3 is 0 Å². The second-order valence-electron chi connectivity index (χ2n) is 2.64. The van der Waals surface area contributed by atoms with Crippen LogP contribution in [0, 0.1) is 0 Å². The van der Waals surface area contributed by atoms with E-state index in [0.29, 0.717) is 5.69 Å². The Balaban J connectivity index is 3.10. The molecule has 1 aromatic rings. The van der Waals surface area contributed by atoms with Gasteiger partial charge in [0, 0.05) is 15.1 Å². The van der Waals surface area contributed by atoms with Crippen molar-refractivity contribution < 1.29 is 4.79 Å². The first-order valence-corrected chi connectivity index (χ1v) is 5.42. The van der Waals surface area contributed by atoms with Gasteiger partial charge in [-0.25, -0.2) is 0 Å². The number of carbonyl (C=O) groups excluding carboxylic acids is 1. The average Bonchev–Trinajstić information content (AvgIpc) is 2.09. The van der Waals surface area contributed by atoms with E-state index in [1.165, 1.54) is 0 Å². The van der Waals surface area contributed by atoms with E-state index in [4.69, 9.17) is 5.73 Å². The first-order valence-electron chi connectivity index (χ1n) is 3.83. The third-order valence-corrected chi connectivity index (χ3v) is 2.75. The van der Waals surface area contributed by atoms with Gasteiger partial charge < -0.3 is 11.1 Å². The Labute approximate surface area is 98.5 Å². The number of hydrogen-bond acceptors (Lipinski definition) is 3. The lowest BCUT2D eigenvalue weighted by Crippen LogP contribution is -2.32. The number of pyridine rings is 1. The lowest BCUT2D eigenvalue weighted by molar-refractivity contribution is -0.120. The van der Waals surface area contributed by atoms with E-state index >= 15 is 0 Å². The number of likely N-dealkylation sites (N-methyl/N-ethyl adjacent to an activating group) is 1. The van der Waals surface area contributed by atoms with Crippen LogP contribution in [-0.2, 0) is 4.79 Å². The molecule has 0 saturated heterocycles. The van der Waals surface area contributed by atoms with Crippen molar-refractivity contribution in [1.82, 2.24) is 10.3 Å². The fraction of sp³-hybridized carbons (Fsp3) is 0.250. The topological polar surface area (TPSA) is 68.0 Å². The molecule has 0 saturated carbocycles. The minimum Gasteiger partial charge on any atom is -0.368 e. The summed E-state index contributed by atoms with van der Waals surface area (Å²) >= 11 is 6.59. The number of hydrogen-bond donors (Lipinski definition) is 2. The molecule has 0 bridgehead atoms. The number of carbonyl (C=O) groups is 1. The highest BCUT2D eigenvalue weighted by atomic mass is 79.9. The number of rotatable bonds is 3. The summed E-state index contributed by atoms with van der Waals surface area (Å²) in [5.41, 5.74) is 5.80. The molecular formula is C8H9Br2N3O. The van der Waals surface area contributed by atoms with Gasteiger partial charge in [-0.2, -0.15) is 0 Å². The van der Waals surface area contributed by atoms with E-state index < -0.39 is 11.9 Å². The molecule has 14 heavy (non-hydrogen) atoms. The molecule has 0 aromatic carbocycles. The number of nitrogens with two attached hydrogens (primary N) is 1. The van der Waals surface area contributed by atoms with Crippen molar-refractivity contribution in [2.24, 2.45) is 5.73 Å². The summed E-state index contributed by atoms with van der Waals surface area (Å²) < 4.78 is 1.58. The number of amides is 1. The standard InChI is InChI=1S/C8H9Br2N3O/c1-12-7(8(11)14)6-5(10)2-4(9)3-13-6/h2-3,7,12H,1H3,(H2,11,14). The summed E-state index contributed by atoms with van der Waals surface area (Å²) in [5, 5.41) is 2.80. The molecule has 4 nitrogen and oxygen atoms in total. The number of nitrogens with one attached hydrogen (secondary N) is 1. The van der Waals surface area contributed by atoms with Gasteiger partial charge in [0.1, 0.15) is 6.04 Å². The number of primary amides is 1. The molecule has 1 amide bonds. The molecule has 1 unspecified atom stereocenters. The Bertz CT molecular complexity index is 356. The molecule has 1 atom stereocenters. The number of aromatic nitrogens is 1. The predicted octanol–water partition coefficient (Wildman–Crippen LogP) is 1.35. The highest BCUT2D eigenvalue weighted by Crippen LogP contribution is 2.24. The van der Waals surface area contributed by atoms with E-state index in [2.05, 4.69) is 42.2 Å². The van der Waals surface area contributed by atoms with Crippen molar-refractivity contribution >= 4 is 37.8 Å². The summed E-state index contributed by atoms with van der Waals surface area (Å²) in [6, 6.07) is 1.24. The number of halogens is 2. The third-order valence-electron chi connectivity index (χ3n) is 1.68. The summed E-state index contributed by atoms with van der Waals surface area (Å²) in [4.78, 5) is 15.2. The molecule has 0 aliphatic rings. The van der Waals surface area contributed by atoms with E-state index in [1.807, 2.05) is 6.07 Å². The summed E-state index contributed by atoms with van der Waals surface area (Å²) in [6.45, 7) is 0. The number of nitrogens with zero attached hydrogens (tertiary/aromatic N) is 1. The molecule has 76 valence electrons. The van der Waals surface area contributed by atoms with Crippen molar-refractivity contribution in [1.29, 1.82) is 0 Å². The Morgan fingerprint density at radius 1 is 1.64 bits per heavy atom. The van der Waals surface area contributed by atoms with Crippen molar-refractivity contribution in [2.75, 3.05) is 7.05 Å². The largest absolute Gasteiger partial charge is 0.368 e. The Kier molecular flexibility index (Phi) is 4.03. The highest BCUT2D eigenvalue weighted by Gasteiger charge is 2.19. The fourth-order valence-corrected chi connectivity index (χ4v) is 2.27. The Morgan fingerprint density at radius 3 is 2.71 bits per heavy atom. The summed E-state index contributed by atoms with van der Waals surface area (Å²) in [5.74, 6) is -0.456. The van der Waals surface area contributed by atoms with Gasteiger partial charge in [0.2, 0.25) is 5.91 Å². The maximum Gasteiger partial charge on any atom is 0.240 e. The molecule has 1 rings (SSSR count). The summed E-state index contributed by atoms with van der Waals surface area (Å²) in [7, 11) is 1.66. The zero-order valence-electron chi connectivity index (χ0n) is 7.42. The van der Waals surface area contributed by atoms with Crippen LogP contribution in [0.5, 0.6) is 0 Å². The van der Waals surface area contributed by atoms with Crippen LogP contribution in [0.3, 0.4) is 0 Å². The molecule has 0 spiro atoms. The van der Waals surface area contributed by atoms with Crippen LogP contribution in [0.4, 0.5) is 0 Å². The van der Waals surface area contributed by atoms with Crippen molar-refractivity contribution in [3.63, 3.8) is 0 Å². The molecule has 3 N–H and O–H groups in total. The van der Waals surface area contributed by atoms with Gasteiger partial charge in [0.05, 0.1) is 5.69 Å². The first kappa shape index (κ1) is 11.6. The molecule has 1 heterocycles. The molecular weight excluding hydrogens is 314 g/mol. The molecule has 0 fully saturated rings. The minimum absolute atomic E-state index is 0.456. The van der Waals surface area contributed by atoms with Crippen molar-refractivity contribution in [3.8, 4) is 0 Å². The first-order chi connectivity index (χ1) is 6.56. The SMILES string of the molecule is CNC(C(N)=O)c1ncc(Br)cc1Br. The maximum atomic E-state index is 11.1. The molecule has 0 radical (unpaired) electrons. The Hall–Kier alpha value is -0.460. The van der Waals surface area contributed by atoms with E-state index in [-0.39, 0.29) is 0 Å². The van der Waals surface area contributed by atoms with Crippen LogP contribution in [0.2, 0.25) is 0 Å². The quantitative estimate of drug-likeness (QED) is 0.882. The van der Waals surface area contributed by atoms with Crippen LogP contribution in [-0.4, -0.2) is 17.9 Å². The zero-order chi connectivity index (χ0) is 10.7. The molecule has 1 aromatic heterocycles. The van der Waals surface area contributed by atoms with Crippen molar-refractivity contribution in [2.45, 2.75) is 6.04 Å². The van der Waals surface area contributed by atoms with Gasteiger partial charge in [-0.1, -0.05) is 0 Å². The van der Waals surface area contributed by atoms with Gasteiger partial charge in [0.25, 0.3) is 0 Å². The van der Waals surface area contributed by atoms with Gasteiger partial charge in [0.15, 0.2) is 0 Å². The van der Waals surface area contributed by atoms with Crippen LogP contribution >= 0.6 is 31.9 Å². The molecule has 6 heteroatoms. The smallest absolute Gasteiger partial charge is 0.240 e. The van der Waals surface area contributed by atoms with Gasteiger partial charge in [-0.05, 0) is 45.0 Å². The van der Waals surface area contributed by atoms with Crippen molar-refractivity contribution in [3.05, 3.63) is 26.9 Å². The van der Waals surface area contributed by atoms with Crippen LogP contribution < -0.4 is 11.1 Å². The average molecular weight is 323 g/mol. The van der Waals surface area contributed by atoms with E-state index in [1.54, 1.807) is 13.2 Å². The molecule has 0 aliphatic carbocycles. The molecule has 0 aliphatic heterocycles. The summed E-state index contributed by atoms with van der Waals surface area (Å²) in [6.07, 6.45) is 1.62. The third kappa shape index (κ3) is 2.52. The highest BCUT2D eigenvalue weighted by molar-refractivity contribution is 9.11. The normalized spacial score (nSPS) is 12.5. The van der Waals surface area contributed by atoms with Crippen LogP contribution in [0.1, 0.15) is 11.7 Å². The maximum absolute atomic E-state index is 11.1. The van der Waals surface area contributed by atoms with Gasteiger partial charge in [-0.15, -0.1) is 0 Å². The van der Waals surface area contributed by atoms with E-state index in [9.17, 15) is 4.79 Å².